The van der Waals surface area contributed by atoms with Crippen molar-refractivity contribution in [3.8, 4) is 5.75 Å². The molecule has 2 rings (SSSR count). The van der Waals surface area contributed by atoms with Crippen molar-refractivity contribution in [3.63, 3.8) is 0 Å². The quantitative estimate of drug-likeness (QED) is 0.857. The molecular weight excluding hydrogens is 240 g/mol. The first-order valence-corrected chi connectivity index (χ1v) is 7.18. The lowest BCUT2D eigenvalue weighted by atomic mass is 9.88. The Morgan fingerprint density at radius 1 is 1.42 bits per heavy atom. The highest BCUT2D eigenvalue weighted by atomic mass is 16.5. The molecule has 0 radical (unpaired) electrons. The normalized spacial score (nSPS) is 18.2. The molecule has 0 aromatic carbocycles. The molecule has 1 aromatic rings. The summed E-state index contributed by atoms with van der Waals surface area (Å²) >= 11 is 0. The number of nitrogens with zero attached hydrogens (tertiary/aromatic N) is 1. The van der Waals surface area contributed by atoms with E-state index < -0.39 is 0 Å². The first-order chi connectivity index (χ1) is 9.35. The van der Waals surface area contributed by atoms with E-state index in [-0.39, 0.29) is 0 Å². The van der Waals surface area contributed by atoms with Crippen LogP contribution < -0.4 is 10.1 Å². The minimum Gasteiger partial charge on any atom is -0.492 e. The molecule has 106 valence electrons. The summed E-state index contributed by atoms with van der Waals surface area (Å²) < 4.78 is 11.1. The molecule has 1 unspecified atom stereocenters. The lowest BCUT2D eigenvalue weighted by molar-refractivity contribution is 0.0545. The van der Waals surface area contributed by atoms with Crippen LogP contribution in [0.2, 0.25) is 0 Å². The van der Waals surface area contributed by atoms with Gasteiger partial charge in [0.1, 0.15) is 5.75 Å². The van der Waals surface area contributed by atoms with Crippen molar-refractivity contribution >= 4 is 0 Å². The fraction of sp³-hybridized carbons (Fsp3) is 0.667. The average molecular weight is 264 g/mol. The third-order valence-corrected chi connectivity index (χ3v) is 3.61. The van der Waals surface area contributed by atoms with Crippen molar-refractivity contribution in [2.45, 2.75) is 32.2 Å². The van der Waals surface area contributed by atoms with Crippen molar-refractivity contribution in [3.05, 3.63) is 24.0 Å². The van der Waals surface area contributed by atoms with Crippen molar-refractivity contribution in [1.82, 2.24) is 10.3 Å². The topological polar surface area (TPSA) is 43.4 Å². The SMILES string of the molecule is CCCOc1cncc(C(NC)C2CCOCC2)c1. The molecule has 19 heavy (non-hydrogen) atoms. The molecule has 1 fully saturated rings. The highest BCUT2D eigenvalue weighted by molar-refractivity contribution is 5.26. The molecule has 0 bridgehead atoms. The Balaban J connectivity index is 2.08. The number of hydrogen-bond acceptors (Lipinski definition) is 4. The van der Waals surface area contributed by atoms with Gasteiger partial charge in [-0.3, -0.25) is 4.98 Å². The Kier molecular flexibility index (Phi) is 5.61. The van der Waals surface area contributed by atoms with Gasteiger partial charge in [-0.05, 0) is 43.9 Å². The van der Waals surface area contributed by atoms with Crippen LogP contribution in [0, 0.1) is 5.92 Å². The highest BCUT2D eigenvalue weighted by Gasteiger charge is 2.24. The summed E-state index contributed by atoms with van der Waals surface area (Å²) in [6.07, 6.45) is 6.95. The van der Waals surface area contributed by atoms with Crippen LogP contribution in [0.1, 0.15) is 37.8 Å². The fourth-order valence-corrected chi connectivity index (χ4v) is 2.63. The number of hydrogen-bond donors (Lipinski definition) is 1. The van der Waals surface area contributed by atoms with Crippen molar-refractivity contribution < 1.29 is 9.47 Å². The minimum absolute atomic E-state index is 0.335. The largest absolute Gasteiger partial charge is 0.492 e. The smallest absolute Gasteiger partial charge is 0.137 e. The van der Waals surface area contributed by atoms with Crippen LogP contribution in [-0.4, -0.2) is 31.9 Å². The molecule has 1 atom stereocenters. The first kappa shape index (κ1) is 14.3. The maximum absolute atomic E-state index is 5.66. The zero-order valence-corrected chi connectivity index (χ0v) is 11.9. The molecule has 0 amide bonds. The lowest BCUT2D eigenvalue weighted by Crippen LogP contribution is -2.30. The van der Waals surface area contributed by atoms with Crippen molar-refractivity contribution in [1.29, 1.82) is 0 Å². The Labute approximate surface area is 115 Å². The maximum Gasteiger partial charge on any atom is 0.137 e. The number of aromatic nitrogens is 1. The Bertz CT molecular complexity index is 378. The summed E-state index contributed by atoms with van der Waals surface area (Å²) in [5, 5.41) is 3.42. The summed E-state index contributed by atoms with van der Waals surface area (Å²) in [6.45, 7) is 4.58. The standard InChI is InChI=1S/C15H24N2O2/c1-3-6-19-14-9-13(10-17-11-14)15(16-2)12-4-7-18-8-5-12/h9-12,15-16H,3-8H2,1-2H3. The van der Waals surface area contributed by atoms with Crippen LogP contribution >= 0.6 is 0 Å². The number of ether oxygens (including phenoxy) is 2. The third-order valence-electron chi connectivity index (χ3n) is 3.61. The van der Waals surface area contributed by atoms with E-state index in [1.165, 1.54) is 5.56 Å². The van der Waals surface area contributed by atoms with Gasteiger partial charge >= 0.3 is 0 Å². The van der Waals surface area contributed by atoms with Gasteiger partial charge < -0.3 is 14.8 Å². The summed E-state index contributed by atoms with van der Waals surface area (Å²) in [6, 6.07) is 2.45. The average Bonchev–Trinajstić information content (AvgIpc) is 2.47. The zero-order chi connectivity index (χ0) is 13.5. The molecule has 0 spiro atoms. The third kappa shape index (κ3) is 3.91. The summed E-state index contributed by atoms with van der Waals surface area (Å²) in [5.41, 5.74) is 1.21. The Hall–Kier alpha value is -1.13. The van der Waals surface area contributed by atoms with E-state index in [1.807, 2.05) is 13.2 Å². The fourth-order valence-electron chi connectivity index (χ4n) is 2.63. The Morgan fingerprint density at radius 3 is 2.89 bits per heavy atom. The van der Waals surface area contributed by atoms with Crippen LogP contribution in [0.15, 0.2) is 18.5 Å². The first-order valence-electron chi connectivity index (χ1n) is 7.18. The predicted octanol–water partition coefficient (Wildman–Crippen LogP) is 2.56. The number of nitrogens with one attached hydrogen (secondary N) is 1. The van der Waals surface area contributed by atoms with E-state index >= 15 is 0 Å². The molecule has 0 aliphatic carbocycles. The van der Waals surface area contributed by atoms with Gasteiger partial charge in [-0.25, -0.2) is 0 Å². The molecule has 1 aromatic heterocycles. The van der Waals surface area contributed by atoms with Crippen molar-refractivity contribution in [2.24, 2.45) is 5.92 Å². The second-order valence-corrected chi connectivity index (χ2v) is 5.02. The van der Waals surface area contributed by atoms with E-state index in [0.29, 0.717) is 12.0 Å². The molecular formula is C15H24N2O2. The van der Waals surface area contributed by atoms with Gasteiger partial charge in [0, 0.05) is 25.5 Å². The van der Waals surface area contributed by atoms with Crippen LogP contribution in [0.5, 0.6) is 5.75 Å². The second-order valence-electron chi connectivity index (χ2n) is 5.02. The molecule has 1 N–H and O–H groups in total. The lowest BCUT2D eigenvalue weighted by Gasteiger charge is -2.30. The Morgan fingerprint density at radius 2 is 2.21 bits per heavy atom. The summed E-state index contributed by atoms with van der Waals surface area (Å²) in [7, 11) is 2.01. The highest BCUT2D eigenvalue weighted by Crippen LogP contribution is 2.30. The zero-order valence-electron chi connectivity index (χ0n) is 11.9. The summed E-state index contributed by atoms with van der Waals surface area (Å²) in [4.78, 5) is 4.30. The molecule has 0 saturated carbocycles. The van der Waals surface area contributed by atoms with E-state index in [1.54, 1.807) is 6.20 Å². The molecule has 4 nitrogen and oxygen atoms in total. The van der Waals surface area contributed by atoms with Gasteiger partial charge in [-0.1, -0.05) is 6.92 Å². The van der Waals surface area contributed by atoms with E-state index in [9.17, 15) is 0 Å². The number of rotatable bonds is 6. The molecule has 2 heterocycles. The second kappa shape index (κ2) is 7.46. The van der Waals surface area contributed by atoms with E-state index in [2.05, 4.69) is 23.3 Å². The van der Waals surface area contributed by atoms with Gasteiger partial charge in [0.15, 0.2) is 0 Å². The number of pyridine rings is 1. The molecule has 1 saturated heterocycles. The maximum atomic E-state index is 5.66. The van der Waals surface area contributed by atoms with Gasteiger partial charge in [0.2, 0.25) is 0 Å². The van der Waals surface area contributed by atoms with Gasteiger partial charge in [-0.2, -0.15) is 0 Å². The minimum atomic E-state index is 0.335. The summed E-state index contributed by atoms with van der Waals surface area (Å²) in [5.74, 6) is 1.48. The van der Waals surface area contributed by atoms with Crippen LogP contribution in [0.3, 0.4) is 0 Å². The monoisotopic (exact) mass is 264 g/mol. The van der Waals surface area contributed by atoms with E-state index in [0.717, 1.165) is 44.8 Å². The van der Waals surface area contributed by atoms with Gasteiger partial charge in [-0.15, -0.1) is 0 Å². The van der Waals surface area contributed by atoms with Crippen LogP contribution in [0.4, 0.5) is 0 Å². The molecule has 1 aliphatic rings. The predicted molar refractivity (Wildman–Crippen MR) is 75.4 cm³/mol. The van der Waals surface area contributed by atoms with Crippen LogP contribution in [-0.2, 0) is 4.74 Å². The van der Waals surface area contributed by atoms with E-state index in [4.69, 9.17) is 9.47 Å². The molecule has 1 aliphatic heterocycles. The van der Waals surface area contributed by atoms with Crippen molar-refractivity contribution in [2.75, 3.05) is 26.9 Å². The molecule has 4 heteroatoms. The van der Waals surface area contributed by atoms with Gasteiger partial charge in [0.25, 0.3) is 0 Å². The van der Waals surface area contributed by atoms with Gasteiger partial charge in [0.05, 0.1) is 12.8 Å². The van der Waals surface area contributed by atoms with Crippen LogP contribution in [0.25, 0.3) is 0 Å².